The lowest BCUT2D eigenvalue weighted by Crippen LogP contribution is -2.48. The number of amides is 1. The Morgan fingerprint density at radius 2 is 1.71 bits per heavy atom. The number of carbonyl (C=O) groups is 1. The number of aliphatic hydroxyl groups is 2. The van der Waals surface area contributed by atoms with Gasteiger partial charge in [0.2, 0.25) is 0 Å². The highest BCUT2D eigenvalue weighted by Crippen LogP contribution is 2.35. The summed E-state index contributed by atoms with van der Waals surface area (Å²) in [6.07, 6.45) is 2.61. The number of hydrogen-bond donors (Lipinski definition) is 2. The molecule has 0 aliphatic carbocycles. The average molecular weight is 521 g/mol. The van der Waals surface area contributed by atoms with Gasteiger partial charge in [-0.1, -0.05) is 37.3 Å². The Kier molecular flexibility index (Phi) is 9.70. The van der Waals surface area contributed by atoms with E-state index < -0.39 is 0 Å². The maximum absolute atomic E-state index is 13.0. The van der Waals surface area contributed by atoms with Crippen LogP contribution in [0.2, 0.25) is 0 Å². The molecule has 0 radical (unpaired) electrons. The molecule has 0 saturated carbocycles. The molecule has 38 heavy (non-hydrogen) atoms. The van der Waals surface area contributed by atoms with Gasteiger partial charge in [-0.25, -0.2) is 0 Å². The number of hydrogen-bond acceptors (Lipinski definition) is 7. The predicted octanol–water partition coefficient (Wildman–Crippen LogP) is 3.59. The molecule has 1 aliphatic heterocycles. The Hall–Kier alpha value is -3.46. The Balaban J connectivity index is 1.30. The first kappa shape index (κ1) is 27.6. The highest BCUT2D eigenvalue weighted by atomic mass is 16.5. The quantitative estimate of drug-likeness (QED) is 0.355. The van der Waals surface area contributed by atoms with Gasteiger partial charge in [-0.05, 0) is 52.9 Å². The standard InChI is InChI=1S/C30H36N2O6/c1-3-21-4-6-22(7-5-21)20-38-28-9-8-25(13-29(28)36-2)26-14-32(15-26)30(35)27-12-23(10-11-31-27)18-37-19-24(16-33)17-34/h4-13,24,26,33-34H,3,14-20H2,1-2H3. The van der Waals surface area contributed by atoms with E-state index >= 15 is 0 Å². The number of benzene rings is 2. The minimum absolute atomic E-state index is 0.118. The molecule has 3 aromatic rings. The number of likely N-dealkylation sites (tertiary alicyclic amines) is 1. The number of aromatic nitrogens is 1. The van der Waals surface area contributed by atoms with E-state index in [0.29, 0.717) is 36.9 Å². The van der Waals surface area contributed by atoms with Crippen molar-refractivity contribution in [3.8, 4) is 11.5 Å². The van der Waals surface area contributed by atoms with Crippen LogP contribution in [0.4, 0.5) is 0 Å². The maximum atomic E-state index is 13.0. The minimum Gasteiger partial charge on any atom is -0.493 e. The van der Waals surface area contributed by atoms with E-state index in [1.54, 1.807) is 30.3 Å². The number of carbonyl (C=O) groups excluding carboxylic acids is 1. The number of methoxy groups -OCH3 is 1. The van der Waals surface area contributed by atoms with Crippen LogP contribution in [0.1, 0.15) is 45.6 Å². The molecule has 1 aromatic heterocycles. The van der Waals surface area contributed by atoms with E-state index in [0.717, 1.165) is 23.1 Å². The van der Waals surface area contributed by atoms with E-state index in [4.69, 9.17) is 24.4 Å². The fourth-order valence-electron chi connectivity index (χ4n) is 4.29. The summed E-state index contributed by atoms with van der Waals surface area (Å²) in [5.41, 5.74) is 4.69. The van der Waals surface area contributed by atoms with Crippen molar-refractivity contribution in [2.75, 3.05) is 40.0 Å². The van der Waals surface area contributed by atoms with Crippen molar-refractivity contribution >= 4 is 5.91 Å². The highest BCUT2D eigenvalue weighted by molar-refractivity contribution is 5.93. The highest BCUT2D eigenvalue weighted by Gasteiger charge is 2.33. The summed E-state index contributed by atoms with van der Waals surface area (Å²) in [4.78, 5) is 19.0. The number of aliphatic hydroxyl groups excluding tert-OH is 2. The monoisotopic (exact) mass is 520 g/mol. The van der Waals surface area contributed by atoms with E-state index in [2.05, 4.69) is 36.2 Å². The molecule has 1 aliphatic rings. The molecule has 0 bridgehead atoms. The van der Waals surface area contributed by atoms with Gasteiger partial charge in [-0.2, -0.15) is 0 Å². The zero-order valence-electron chi connectivity index (χ0n) is 22.0. The van der Waals surface area contributed by atoms with Gasteiger partial charge in [-0.3, -0.25) is 9.78 Å². The van der Waals surface area contributed by atoms with Crippen LogP contribution >= 0.6 is 0 Å². The Bertz CT molecular complexity index is 1190. The lowest BCUT2D eigenvalue weighted by Gasteiger charge is -2.39. The summed E-state index contributed by atoms with van der Waals surface area (Å²) in [6.45, 7) is 4.05. The van der Waals surface area contributed by atoms with E-state index in [9.17, 15) is 4.79 Å². The molecule has 2 aromatic carbocycles. The van der Waals surface area contributed by atoms with Gasteiger partial charge in [0.05, 0.1) is 33.5 Å². The predicted molar refractivity (Wildman–Crippen MR) is 143 cm³/mol. The second-order valence-corrected chi connectivity index (χ2v) is 9.57. The third-order valence-corrected chi connectivity index (χ3v) is 6.84. The van der Waals surface area contributed by atoms with Gasteiger partial charge in [0.1, 0.15) is 12.3 Å². The molecule has 4 rings (SSSR count). The molecular formula is C30H36N2O6. The zero-order valence-corrected chi connectivity index (χ0v) is 22.0. The summed E-state index contributed by atoms with van der Waals surface area (Å²) in [5, 5.41) is 18.3. The van der Waals surface area contributed by atoms with Crippen LogP contribution in [-0.2, 0) is 24.4 Å². The lowest BCUT2D eigenvalue weighted by atomic mass is 9.91. The smallest absolute Gasteiger partial charge is 0.272 e. The van der Waals surface area contributed by atoms with Crippen LogP contribution in [0, 0.1) is 5.92 Å². The van der Waals surface area contributed by atoms with Crippen LogP contribution in [0.15, 0.2) is 60.8 Å². The van der Waals surface area contributed by atoms with Crippen LogP contribution in [0.3, 0.4) is 0 Å². The molecule has 0 spiro atoms. The van der Waals surface area contributed by atoms with Crippen LogP contribution in [-0.4, -0.2) is 66.0 Å². The molecule has 1 fully saturated rings. The van der Waals surface area contributed by atoms with Gasteiger partial charge in [0.15, 0.2) is 11.5 Å². The molecule has 2 N–H and O–H groups in total. The molecule has 0 unspecified atom stereocenters. The lowest BCUT2D eigenvalue weighted by molar-refractivity contribution is 0.0371. The molecule has 1 saturated heterocycles. The van der Waals surface area contributed by atoms with E-state index in [1.165, 1.54) is 5.56 Å². The molecule has 202 valence electrons. The van der Waals surface area contributed by atoms with Gasteiger partial charge in [0.25, 0.3) is 5.91 Å². The molecule has 2 heterocycles. The molecular weight excluding hydrogens is 484 g/mol. The minimum atomic E-state index is -0.312. The van der Waals surface area contributed by atoms with Gasteiger partial charge in [-0.15, -0.1) is 0 Å². The fourth-order valence-corrected chi connectivity index (χ4v) is 4.29. The normalized spacial score (nSPS) is 13.4. The van der Waals surface area contributed by atoms with Crippen molar-refractivity contribution in [3.63, 3.8) is 0 Å². The van der Waals surface area contributed by atoms with Gasteiger partial charge < -0.3 is 29.3 Å². The molecule has 8 nitrogen and oxygen atoms in total. The largest absolute Gasteiger partial charge is 0.493 e. The fraction of sp³-hybridized carbons (Fsp3) is 0.400. The molecule has 1 amide bonds. The summed E-state index contributed by atoms with van der Waals surface area (Å²) in [6, 6.07) is 17.9. The van der Waals surface area contributed by atoms with Crippen molar-refractivity contribution in [3.05, 3.63) is 88.7 Å². The number of aryl methyl sites for hydroxylation is 1. The zero-order chi connectivity index (χ0) is 26.9. The van der Waals surface area contributed by atoms with Crippen molar-refractivity contribution in [1.82, 2.24) is 9.88 Å². The average Bonchev–Trinajstić information content (AvgIpc) is 2.94. The first-order valence-electron chi connectivity index (χ1n) is 13.0. The van der Waals surface area contributed by atoms with Gasteiger partial charge >= 0.3 is 0 Å². The van der Waals surface area contributed by atoms with Crippen molar-refractivity contribution in [2.24, 2.45) is 5.92 Å². The summed E-state index contributed by atoms with van der Waals surface area (Å²) >= 11 is 0. The Labute approximate surface area is 223 Å². The van der Waals surface area contributed by atoms with E-state index in [1.807, 2.05) is 18.2 Å². The Morgan fingerprint density at radius 3 is 2.39 bits per heavy atom. The first-order valence-corrected chi connectivity index (χ1v) is 13.0. The van der Waals surface area contributed by atoms with Crippen molar-refractivity contribution < 1.29 is 29.2 Å². The van der Waals surface area contributed by atoms with Crippen LogP contribution < -0.4 is 9.47 Å². The molecule has 0 atom stereocenters. The number of rotatable bonds is 13. The van der Waals surface area contributed by atoms with Gasteiger partial charge in [0, 0.05) is 31.1 Å². The van der Waals surface area contributed by atoms with Crippen molar-refractivity contribution in [1.29, 1.82) is 0 Å². The Morgan fingerprint density at radius 1 is 0.974 bits per heavy atom. The summed E-state index contributed by atoms with van der Waals surface area (Å²) in [5.74, 6) is 1.15. The summed E-state index contributed by atoms with van der Waals surface area (Å²) < 4.78 is 17.2. The second-order valence-electron chi connectivity index (χ2n) is 9.57. The van der Waals surface area contributed by atoms with Crippen LogP contribution in [0.5, 0.6) is 11.5 Å². The third kappa shape index (κ3) is 6.89. The number of nitrogens with zero attached hydrogens (tertiary/aromatic N) is 2. The van der Waals surface area contributed by atoms with E-state index in [-0.39, 0.29) is 44.2 Å². The third-order valence-electron chi connectivity index (χ3n) is 6.84. The summed E-state index contributed by atoms with van der Waals surface area (Å²) in [7, 11) is 1.63. The first-order chi connectivity index (χ1) is 18.5. The second kappa shape index (κ2) is 13.4. The number of ether oxygens (including phenoxy) is 3. The maximum Gasteiger partial charge on any atom is 0.272 e. The van der Waals surface area contributed by atoms with Crippen LogP contribution in [0.25, 0.3) is 0 Å². The topological polar surface area (TPSA) is 101 Å². The molecule has 8 heteroatoms. The number of pyridine rings is 1. The SMILES string of the molecule is CCc1ccc(COc2ccc(C3CN(C(=O)c4cc(COCC(CO)CO)ccn4)C3)cc2OC)cc1. The van der Waals surface area contributed by atoms with Crippen molar-refractivity contribution in [2.45, 2.75) is 32.5 Å².